The number of benzene rings is 1. The van der Waals surface area contributed by atoms with Crippen LogP contribution in [-0.2, 0) is 6.54 Å². The van der Waals surface area contributed by atoms with Gasteiger partial charge in [0.05, 0.1) is 5.69 Å². The first-order valence-electron chi connectivity index (χ1n) is 6.96. The second kappa shape index (κ2) is 6.95. The van der Waals surface area contributed by atoms with E-state index in [4.69, 9.17) is 4.42 Å². The van der Waals surface area contributed by atoms with Gasteiger partial charge in [0.15, 0.2) is 0 Å². The predicted octanol–water partition coefficient (Wildman–Crippen LogP) is 4.19. The number of rotatable bonds is 6. The number of aromatic nitrogens is 1. The number of hydrogen-bond donors (Lipinski definition) is 1. The van der Waals surface area contributed by atoms with E-state index in [9.17, 15) is 0 Å². The fourth-order valence-corrected chi connectivity index (χ4v) is 2.59. The maximum absolute atomic E-state index is 5.58. The molecule has 0 bridgehead atoms. The minimum absolute atomic E-state index is 0.682. The number of nitrogens with zero attached hydrogens (tertiary/aromatic N) is 1. The van der Waals surface area contributed by atoms with Crippen LogP contribution in [0.1, 0.15) is 30.9 Å². The minimum atomic E-state index is 0.682. The van der Waals surface area contributed by atoms with Gasteiger partial charge in [-0.1, -0.05) is 26.0 Å². The van der Waals surface area contributed by atoms with E-state index >= 15 is 0 Å². The van der Waals surface area contributed by atoms with Gasteiger partial charge in [-0.25, -0.2) is 4.98 Å². The molecule has 4 heteroatoms. The standard InChI is InChI=1S/C16H22N2OS/c1-11(2)9-17-10-14-5-7-15(8-6-14)20-16-18-12(3)13(4)19-16/h5-8,11,17H,9-10H2,1-4H3. The lowest BCUT2D eigenvalue weighted by Gasteiger charge is -2.07. The highest BCUT2D eigenvalue weighted by atomic mass is 32.2. The Hall–Kier alpha value is -1.26. The van der Waals surface area contributed by atoms with Crippen molar-refractivity contribution in [3.63, 3.8) is 0 Å². The van der Waals surface area contributed by atoms with Crippen LogP contribution in [0.15, 0.2) is 38.8 Å². The van der Waals surface area contributed by atoms with E-state index in [1.165, 1.54) is 5.56 Å². The number of oxazole rings is 1. The summed E-state index contributed by atoms with van der Waals surface area (Å²) >= 11 is 1.56. The zero-order chi connectivity index (χ0) is 14.5. The molecule has 0 aliphatic rings. The van der Waals surface area contributed by atoms with Crippen molar-refractivity contribution >= 4 is 11.8 Å². The normalized spacial score (nSPS) is 11.2. The molecule has 0 atom stereocenters. The summed E-state index contributed by atoms with van der Waals surface area (Å²) in [4.78, 5) is 5.53. The predicted molar refractivity (Wildman–Crippen MR) is 83.1 cm³/mol. The summed E-state index contributed by atoms with van der Waals surface area (Å²) in [6, 6.07) is 8.54. The van der Waals surface area contributed by atoms with E-state index in [0.717, 1.165) is 29.4 Å². The third kappa shape index (κ3) is 4.39. The van der Waals surface area contributed by atoms with Gasteiger partial charge >= 0.3 is 0 Å². The molecule has 0 aliphatic heterocycles. The van der Waals surface area contributed by atoms with Crippen LogP contribution in [-0.4, -0.2) is 11.5 Å². The van der Waals surface area contributed by atoms with Crippen LogP contribution in [0.25, 0.3) is 0 Å². The molecule has 0 spiro atoms. The SMILES string of the molecule is Cc1nc(Sc2ccc(CNCC(C)C)cc2)oc1C. The molecule has 20 heavy (non-hydrogen) atoms. The quantitative estimate of drug-likeness (QED) is 0.865. The van der Waals surface area contributed by atoms with Crippen molar-refractivity contribution < 1.29 is 4.42 Å². The van der Waals surface area contributed by atoms with Crippen molar-refractivity contribution in [2.75, 3.05) is 6.54 Å². The molecule has 1 aromatic carbocycles. The lowest BCUT2D eigenvalue weighted by atomic mass is 10.2. The third-order valence-electron chi connectivity index (χ3n) is 3.02. The molecule has 2 aromatic rings. The highest BCUT2D eigenvalue weighted by Gasteiger charge is 2.07. The van der Waals surface area contributed by atoms with E-state index in [1.807, 2.05) is 13.8 Å². The second-order valence-corrected chi connectivity index (χ2v) is 6.42. The van der Waals surface area contributed by atoms with Gasteiger partial charge in [-0.2, -0.15) is 0 Å². The fraction of sp³-hybridized carbons (Fsp3) is 0.438. The summed E-state index contributed by atoms with van der Waals surface area (Å²) in [6.45, 7) is 10.3. The van der Waals surface area contributed by atoms with Gasteiger partial charge in [-0.05, 0) is 55.8 Å². The fourth-order valence-electron chi connectivity index (χ4n) is 1.77. The molecule has 0 aliphatic carbocycles. The highest BCUT2D eigenvalue weighted by Crippen LogP contribution is 2.28. The molecule has 2 rings (SSSR count). The van der Waals surface area contributed by atoms with Gasteiger partial charge in [-0.15, -0.1) is 0 Å². The Morgan fingerprint density at radius 3 is 2.45 bits per heavy atom. The lowest BCUT2D eigenvalue weighted by Crippen LogP contribution is -2.18. The average molecular weight is 290 g/mol. The highest BCUT2D eigenvalue weighted by molar-refractivity contribution is 7.99. The molecule has 0 radical (unpaired) electrons. The molecule has 1 aromatic heterocycles. The van der Waals surface area contributed by atoms with E-state index < -0.39 is 0 Å². The van der Waals surface area contributed by atoms with Crippen LogP contribution >= 0.6 is 11.8 Å². The van der Waals surface area contributed by atoms with Crippen molar-refractivity contribution in [3.05, 3.63) is 41.3 Å². The number of nitrogens with one attached hydrogen (secondary N) is 1. The van der Waals surface area contributed by atoms with Gasteiger partial charge in [0.25, 0.3) is 5.22 Å². The molecule has 108 valence electrons. The van der Waals surface area contributed by atoms with Gasteiger partial charge in [-0.3, -0.25) is 0 Å². The topological polar surface area (TPSA) is 38.1 Å². The summed E-state index contributed by atoms with van der Waals surface area (Å²) in [7, 11) is 0. The molecule has 0 saturated carbocycles. The summed E-state index contributed by atoms with van der Waals surface area (Å²) in [6.07, 6.45) is 0. The van der Waals surface area contributed by atoms with Crippen LogP contribution in [0, 0.1) is 19.8 Å². The summed E-state index contributed by atoms with van der Waals surface area (Å²) in [5, 5.41) is 4.16. The van der Waals surface area contributed by atoms with Crippen molar-refractivity contribution in [1.29, 1.82) is 0 Å². The molecule has 0 fully saturated rings. The van der Waals surface area contributed by atoms with Gasteiger partial charge in [0.2, 0.25) is 0 Å². The molecular weight excluding hydrogens is 268 g/mol. The van der Waals surface area contributed by atoms with Crippen molar-refractivity contribution in [2.45, 2.75) is 44.4 Å². The zero-order valence-corrected chi connectivity index (χ0v) is 13.4. The Bertz CT molecular complexity index is 527. The molecule has 0 saturated heterocycles. The van der Waals surface area contributed by atoms with Crippen LogP contribution in [0.2, 0.25) is 0 Å². The Balaban J connectivity index is 1.91. The monoisotopic (exact) mass is 290 g/mol. The second-order valence-electron chi connectivity index (χ2n) is 5.39. The molecule has 0 amide bonds. The molecule has 1 N–H and O–H groups in total. The first-order valence-corrected chi connectivity index (χ1v) is 7.78. The molecule has 3 nitrogen and oxygen atoms in total. The largest absolute Gasteiger partial charge is 0.436 e. The van der Waals surface area contributed by atoms with E-state index in [-0.39, 0.29) is 0 Å². The van der Waals surface area contributed by atoms with Crippen molar-refractivity contribution in [1.82, 2.24) is 10.3 Å². The Morgan fingerprint density at radius 1 is 1.20 bits per heavy atom. The minimum Gasteiger partial charge on any atom is -0.436 e. The van der Waals surface area contributed by atoms with Crippen LogP contribution < -0.4 is 5.32 Å². The maximum Gasteiger partial charge on any atom is 0.260 e. The Kier molecular flexibility index (Phi) is 5.26. The van der Waals surface area contributed by atoms with Crippen LogP contribution in [0.5, 0.6) is 0 Å². The smallest absolute Gasteiger partial charge is 0.260 e. The molecule has 1 heterocycles. The summed E-state index contributed by atoms with van der Waals surface area (Å²) in [5.41, 5.74) is 2.26. The molecule has 0 unspecified atom stereocenters. The van der Waals surface area contributed by atoms with Gasteiger partial charge in [0, 0.05) is 11.4 Å². The first-order chi connectivity index (χ1) is 9.54. The first kappa shape index (κ1) is 15.1. The Labute approximate surface area is 125 Å². The van der Waals surface area contributed by atoms with E-state index in [1.54, 1.807) is 11.8 Å². The van der Waals surface area contributed by atoms with E-state index in [2.05, 4.69) is 48.4 Å². The number of hydrogen-bond acceptors (Lipinski definition) is 4. The van der Waals surface area contributed by atoms with Crippen molar-refractivity contribution in [3.8, 4) is 0 Å². The van der Waals surface area contributed by atoms with E-state index in [0.29, 0.717) is 11.1 Å². The van der Waals surface area contributed by atoms with Crippen molar-refractivity contribution in [2.24, 2.45) is 5.92 Å². The van der Waals surface area contributed by atoms with Crippen LogP contribution in [0.4, 0.5) is 0 Å². The number of aryl methyl sites for hydroxylation is 2. The van der Waals surface area contributed by atoms with Gasteiger partial charge in [0.1, 0.15) is 5.76 Å². The van der Waals surface area contributed by atoms with Gasteiger partial charge < -0.3 is 9.73 Å². The summed E-state index contributed by atoms with van der Waals surface area (Å²) in [5.74, 6) is 1.57. The third-order valence-corrected chi connectivity index (χ3v) is 3.88. The summed E-state index contributed by atoms with van der Waals surface area (Å²) < 4.78 is 5.58. The maximum atomic E-state index is 5.58. The Morgan fingerprint density at radius 2 is 1.90 bits per heavy atom. The zero-order valence-electron chi connectivity index (χ0n) is 12.6. The lowest BCUT2D eigenvalue weighted by molar-refractivity contribution is 0.431. The molecular formula is C16H22N2OS. The average Bonchev–Trinajstić information content (AvgIpc) is 2.70. The van der Waals surface area contributed by atoms with Crippen LogP contribution in [0.3, 0.4) is 0 Å².